The zero-order valence-electron chi connectivity index (χ0n) is 14.1. The molecule has 1 amide bonds. The number of nitrogens with zero attached hydrogens (tertiary/aromatic N) is 2. The second-order valence-electron chi connectivity index (χ2n) is 5.12. The molecular formula is C18H14BrN3O3S2. The van der Waals surface area contributed by atoms with Crippen molar-refractivity contribution < 1.29 is 14.3 Å². The highest BCUT2D eigenvalue weighted by molar-refractivity contribution is 9.10. The Bertz CT molecular complexity index is 960. The van der Waals surface area contributed by atoms with Crippen molar-refractivity contribution in [1.29, 1.82) is 0 Å². The molecule has 3 aromatic rings. The average molecular weight is 464 g/mol. The number of aromatic nitrogens is 2. The van der Waals surface area contributed by atoms with E-state index in [4.69, 9.17) is 4.74 Å². The van der Waals surface area contributed by atoms with E-state index in [1.54, 1.807) is 30.6 Å². The first-order chi connectivity index (χ1) is 13.1. The van der Waals surface area contributed by atoms with Crippen molar-refractivity contribution in [2.75, 3.05) is 11.9 Å². The molecule has 0 aliphatic carbocycles. The Morgan fingerprint density at radius 1 is 1.26 bits per heavy atom. The highest BCUT2D eigenvalue weighted by Gasteiger charge is 2.17. The summed E-state index contributed by atoms with van der Waals surface area (Å²) in [7, 11) is 0. The summed E-state index contributed by atoms with van der Waals surface area (Å²) in [4.78, 5) is 33.7. The molecule has 1 N–H and O–H groups in total. The molecule has 0 fully saturated rings. The summed E-state index contributed by atoms with van der Waals surface area (Å²) >= 11 is 5.96. The molecule has 2 aromatic heterocycles. The predicted octanol–water partition coefficient (Wildman–Crippen LogP) is 4.88. The number of nitrogens with one attached hydrogen (secondary N) is 1. The van der Waals surface area contributed by atoms with Crippen molar-refractivity contribution in [3.63, 3.8) is 0 Å². The summed E-state index contributed by atoms with van der Waals surface area (Å²) in [5.74, 6) is -0.852. The van der Waals surface area contributed by atoms with E-state index in [1.807, 2.05) is 24.3 Å². The maximum Gasteiger partial charge on any atom is 0.357 e. The summed E-state index contributed by atoms with van der Waals surface area (Å²) in [5.41, 5.74) is 0.603. The van der Waals surface area contributed by atoms with Crippen LogP contribution in [0.5, 0.6) is 0 Å². The molecule has 3 rings (SSSR count). The highest BCUT2D eigenvalue weighted by atomic mass is 79.9. The topological polar surface area (TPSA) is 81.2 Å². The van der Waals surface area contributed by atoms with Crippen LogP contribution in [0.1, 0.15) is 27.8 Å². The van der Waals surface area contributed by atoms with Gasteiger partial charge in [-0.2, -0.15) is 0 Å². The Balaban J connectivity index is 1.75. The Labute approximate surface area is 172 Å². The van der Waals surface area contributed by atoms with Gasteiger partial charge in [0, 0.05) is 20.9 Å². The maximum atomic E-state index is 12.7. The Morgan fingerprint density at radius 3 is 2.78 bits per heavy atom. The number of amides is 1. The van der Waals surface area contributed by atoms with Gasteiger partial charge in [-0.1, -0.05) is 27.7 Å². The molecule has 27 heavy (non-hydrogen) atoms. The van der Waals surface area contributed by atoms with Crippen LogP contribution in [0.4, 0.5) is 5.13 Å². The number of ether oxygens (including phenoxy) is 1. The molecule has 9 heteroatoms. The van der Waals surface area contributed by atoms with Crippen LogP contribution in [0.2, 0.25) is 0 Å². The molecular weight excluding hydrogens is 450 g/mol. The third-order valence-corrected chi connectivity index (χ3v) is 5.57. The van der Waals surface area contributed by atoms with Crippen LogP contribution in [0.15, 0.2) is 62.4 Å². The molecule has 0 bridgehead atoms. The van der Waals surface area contributed by atoms with Gasteiger partial charge in [-0.3, -0.25) is 10.1 Å². The molecule has 0 saturated carbocycles. The van der Waals surface area contributed by atoms with Crippen LogP contribution >= 0.6 is 39.0 Å². The summed E-state index contributed by atoms with van der Waals surface area (Å²) in [6.45, 7) is 1.99. The number of hydrogen-bond acceptors (Lipinski definition) is 7. The number of anilines is 1. The minimum Gasteiger partial charge on any atom is -0.461 e. The number of hydrogen-bond donors (Lipinski definition) is 1. The van der Waals surface area contributed by atoms with Crippen molar-refractivity contribution in [2.45, 2.75) is 16.8 Å². The maximum absolute atomic E-state index is 12.7. The Kier molecular flexibility index (Phi) is 6.59. The molecule has 0 atom stereocenters. The number of benzene rings is 1. The van der Waals surface area contributed by atoms with E-state index in [-0.39, 0.29) is 18.2 Å². The van der Waals surface area contributed by atoms with Gasteiger partial charge in [0.1, 0.15) is 5.03 Å². The molecule has 0 aliphatic rings. The Morgan fingerprint density at radius 2 is 2.04 bits per heavy atom. The molecule has 2 heterocycles. The lowest BCUT2D eigenvalue weighted by atomic mass is 10.3. The van der Waals surface area contributed by atoms with Crippen molar-refractivity contribution in [3.05, 3.63) is 63.7 Å². The first-order valence-electron chi connectivity index (χ1n) is 7.89. The third-order valence-electron chi connectivity index (χ3n) is 3.25. The number of rotatable bonds is 6. The minimum absolute atomic E-state index is 0.174. The fourth-order valence-corrected chi connectivity index (χ4v) is 3.87. The fraction of sp³-hybridized carbons (Fsp3) is 0.111. The minimum atomic E-state index is -0.512. The second-order valence-corrected chi connectivity index (χ2v) is 7.96. The summed E-state index contributed by atoms with van der Waals surface area (Å²) in [5, 5.41) is 5.17. The first kappa shape index (κ1) is 19.5. The van der Waals surface area contributed by atoms with Gasteiger partial charge in [0.15, 0.2) is 10.8 Å². The predicted molar refractivity (Wildman–Crippen MR) is 109 cm³/mol. The van der Waals surface area contributed by atoms with Crippen molar-refractivity contribution >= 4 is 56.0 Å². The number of carbonyl (C=O) groups excluding carboxylic acids is 2. The highest BCUT2D eigenvalue weighted by Crippen LogP contribution is 2.30. The molecule has 0 spiro atoms. The third kappa shape index (κ3) is 5.15. The van der Waals surface area contributed by atoms with Crippen LogP contribution in [0.25, 0.3) is 0 Å². The van der Waals surface area contributed by atoms with Gasteiger partial charge in [-0.15, -0.1) is 11.3 Å². The fourth-order valence-electron chi connectivity index (χ4n) is 2.05. The van der Waals surface area contributed by atoms with Gasteiger partial charge < -0.3 is 4.74 Å². The molecule has 1 aromatic carbocycles. The molecule has 0 unspecified atom stereocenters. The lowest BCUT2D eigenvalue weighted by molar-refractivity contribution is 0.0520. The van der Waals surface area contributed by atoms with Crippen LogP contribution in [-0.4, -0.2) is 28.5 Å². The van der Waals surface area contributed by atoms with Crippen molar-refractivity contribution in [3.8, 4) is 0 Å². The van der Waals surface area contributed by atoms with Gasteiger partial charge in [0.25, 0.3) is 5.91 Å². The van der Waals surface area contributed by atoms with E-state index < -0.39 is 5.97 Å². The summed E-state index contributed by atoms with van der Waals surface area (Å²) < 4.78 is 5.88. The number of pyridine rings is 1. The Hall–Kier alpha value is -2.23. The molecule has 0 saturated heterocycles. The van der Waals surface area contributed by atoms with E-state index >= 15 is 0 Å². The van der Waals surface area contributed by atoms with E-state index in [9.17, 15) is 9.59 Å². The average Bonchev–Trinajstić information content (AvgIpc) is 3.13. The van der Waals surface area contributed by atoms with Crippen molar-refractivity contribution in [2.24, 2.45) is 0 Å². The van der Waals surface area contributed by atoms with Gasteiger partial charge in [0.05, 0.1) is 12.2 Å². The standard InChI is InChI=1S/C18H14BrN3O3S2/c1-2-25-17(24)14-10-26-18(21-14)22-15(23)13-4-3-9-20-16(13)27-12-7-5-11(19)6-8-12/h3-10H,2H2,1H3,(H,21,22,23). The van der Waals surface area contributed by atoms with E-state index in [2.05, 4.69) is 31.2 Å². The van der Waals surface area contributed by atoms with E-state index in [1.165, 1.54) is 11.8 Å². The van der Waals surface area contributed by atoms with Crippen LogP contribution in [-0.2, 0) is 4.74 Å². The van der Waals surface area contributed by atoms with Crippen LogP contribution in [0.3, 0.4) is 0 Å². The molecule has 0 radical (unpaired) electrons. The molecule has 138 valence electrons. The van der Waals surface area contributed by atoms with Gasteiger partial charge in [-0.05, 0) is 43.3 Å². The van der Waals surface area contributed by atoms with Crippen LogP contribution < -0.4 is 5.32 Å². The SMILES string of the molecule is CCOC(=O)c1csc(NC(=O)c2cccnc2Sc2ccc(Br)cc2)n1. The number of carbonyl (C=O) groups is 2. The zero-order valence-corrected chi connectivity index (χ0v) is 17.4. The second kappa shape index (κ2) is 9.12. The normalized spacial score (nSPS) is 10.4. The van der Waals surface area contributed by atoms with E-state index in [0.29, 0.717) is 15.7 Å². The summed E-state index contributed by atoms with van der Waals surface area (Å²) in [6.07, 6.45) is 1.64. The first-order valence-corrected chi connectivity index (χ1v) is 10.4. The number of halogens is 1. The number of thiazole rings is 1. The van der Waals surface area contributed by atoms with Gasteiger partial charge in [-0.25, -0.2) is 14.8 Å². The molecule has 6 nitrogen and oxygen atoms in total. The van der Waals surface area contributed by atoms with Crippen molar-refractivity contribution in [1.82, 2.24) is 9.97 Å². The van der Waals surface area contributed by atoms with Gasteiger partial charge >= 0.3 is 5.97 Å². The number of esters is 1. The summed E-state index contributed by atoms with van der Waals surface area (Å²) in [6, 6.07) is 11.1. The lowest BCUT2D eigenvalue weighted by Crippen LogP contribution is -2.14. The quantitative estimate of drug-likeness (QED) is 0.524. The van der Waals surface area contributed by atoms with Crippen LogP contribution in [0, 0.1) is 0 Å². The zero-order chi connectivity index (χ0) is 19.2. The van der Waals surface area contributed by atoms with Gasteiger partial charge in [0.2, 0.25) is 0 Å². The monoisotopic (exact) mass is 463 g/mol. The lowest BCUT2D eigenvalue weighted by Gasteiger charge is -2.07. The molecule has 0 aliphatic heterocycles. The van der Waals surface area contributed by atoms with E-state index in [0.717, 1.165) is 20.7 Å². The smallest absolute Gasteiger partial charge is 0.357 e. The largest absolute Gasteiger partial charge is 0.461 e.